The van der Waals surface area contributed by atoms with Crippen molar-refractivity contribution < 1.29 is 14.4 Å². The number of carbonyl (C=O) groups is 1. The number of allylic oxidation sites excluding steroid dienone is 1. The number of nitrogens with zero attached hydrogens (tertiary/aromatic N) is 1. The van der Waals surface area contributed by atoms with Gasteiger partial charge in [0.1, 0.15) is 5.75 Å². The van der Waals surface area contributed by atoms with Gasteiger partial charge < -0.3 is 9.57 Å². The number of benzene rings is 1. The van der Waals surface area contributed by atoms with Crippen LogP contribution in [0.25, 0.3) is 6.08 Å². The molecule has 1 aromatic rings. The van der Waals surface area contributed by atoms with Crippen molar-refractivity contribution >= 4 is 29.4 Å². The number of ether oxygens (including phenoxy) is 1. The second kappa shape index (κ2) is 7.84. The molecule has 0 aliphatic rings. The number of hydrogen-bond donors (Lipinski definition) is 0. The molecule has 0 fully saturated rings. The van der Waals surface area contributed by atoms with Crippen LogP contribution in [0, 0.1) is 5.41 Å². The Kier molecular flexibility index (Phi) is 6.43. The van der Waals surface area contributed by atoms with Gasteiger partial charge in [0, 0.05) is 5.88 Å². The lowest BCUT2D eigenvalue weighted by molar-refractivity contribution is -0.152. The van der Waals surface area contributed by atoms with Crippen molar-refractivity contribution in [1.82, 2.24) is 0 Å². The molecular formula is C16H20ClNO3. The van der Waals surface area contributed by atoms with Crippen LogP contribution < -0.4 is 4.74 Å². The lowest BCUT2D eigenvalue weighted by Gasteiger charge is -2.16. The molecule has 0 radical (unpaired) electrons. The van der Waals surface area contributed by atoms with Crippen molar-refractivity contribution in [3.63, 3.8) is 0 Å². The highest BCUT2D eigenvalue weighted by atomic mass is 35.5. The molecule has 0 atom stereocenters. The Morgan fingerprint density at radius 1 is 1.33 bits per heavy atom. The van der Waals surface area contributed by atoms with Crippen LogP contribution in [0.1, 0.15) is 26.3 Å². The molecule has 0 N–H and O–H groups in total. The minimum absolute atomic E-state index is 0.183. The summed E-state index contributed by atoms with van der Waals surface area (Å²) in [5, 5.41) is 3.78. The van der Waals surface area contributed by atoms with Crippen molar-refractivity contribution in [1.29, 1.82) is 0 Å². The summed E-state index contributed by atoms with van der Waals surface area (Å²) >= 11 is 5.70. The van der Waals surface area contributed by atoms with Crippen LogP contribution in [0.15, 0.2) is 35.5 Å². The zero-order valence-corrected chi connectivity index (χ0v) is 13.5. The van der Waals surface area contributed by atoms with Gasteiger partial charge in [0.2, 0.25) is 0 Å². The fourth-order valence-corrected chi connectivity index (χ4v) is 1.36. The molecule has 0 unspecified atom stereocenters. The Labute approximate surface area is 130 Å². The van der Waals surface area contributed by atoms with Crippen molar-refractivity contribution in [3.8, 4) is 5.75 Å². The van der Waals surface area contributed by atoms with Gasteiger partial charge in [0.05, 0.1) is 18.2 Å². The van der Waals surface area contributed by atoms with Gasteiger partial charge in [0.15, 0.2) is 0 Å². The van der Waals surface area contributed by atoms with Crippen LogP contribution in [-0.2, 0) is 9.63 Å². The molecule has 0 saturated heterocycles. The van der Waals surface area contributed by atoms with Crippen molar-refractivity contribution in [2.24, 2.45) is 10.6 Å². The molecule has 0 spiro atoms. The van der Waals surface area contributed by atoms with E-state index in [1.165, 1.54) is 0 Å². The first kappa shape index (κ1) is 17.2. The van der Waals surface area contributed by atoms with Crippen LogP contribution in [0.5, 0.6) is 5.75 Å². The molecule has 5 heteroatoms. The fourth-order valence-electron chi connectivity index (χ4n) is 1.25. The number of methoxy groups -OCH3 is 1. The summed E-state index contributed by atoms with van der Waals surface area (Å²) in [7, 11) is 1.62. The fraction of sp³-hybridized carbons (Fsp3) is 0.375. The molecule has 0 bridgehead atoms. The minimum atomic E-state index is -0.745. The number of alkyl halides is 1. The molecular weight excluding hydrogens is 290 g/mol. The van der Waals surface area contributed by atoms with E-state index in [4.69, 9.17) is 21.2 Å². The van der Waals surface area contributed by atoms with Crippen molar-refractivity contribution in [2.45, 2.75) is 20.8 Å². The van der Waals surface area contributed by atoms with Gasteiger partial charge in [-0.25, -0.2) is 4.79 Å². The summed E-state index contributed by atoms with van der Waals surface area (Å²) in [6.07, 6.45) is 3.64. The molecule has 4 nitrogen and oxygen atoms in total. The lowest BCUT2D eigenvalue weighted by Crippen LogP contribution is -2.27. The van der Waals surface area contributed by atoms with Gasteiger partial charge in [-0.15, -0.1) is 11.6 Å². The van der Waals surface area contributed by atoms with Crippen LogP contribution in [0.2, 0.25) is 0 Å². The van der Waals surface area contributed by atoms with Crippen LogP contribution in [0.3, 0.4) is 0 Å². The summed E-state index contributed by atoms with van der Waals surface area (Å²) in [6.45, 7) is 5.17. The lowest BCUT2D eigenvalue weighted by atomic mass is 9.97. The van der Waals surface area contributed by atoms with Gasteiger partial charge in [-0.1, -0.05) is 23.4 Å². The molecule has 21 heavy (non-hydrogen) atoms. The first-order chi connectivity index (χ1) is 9.89. The molecule has 114 valence electrons. The number of oxime groups is 1. The van der Waals surface area contributed by atoms with Gasteiger partial charge in [-0.3, -0.25) is 0 Å². The third-order valence-electron chi connectivity index (χ3n) is 2.79. The van der Waals surface area contributed by atoms with E-state index in [1.807, 2.05) is 30.3 Å². The Morgan fingerprint density at radius 3 is 2.48 bits per heavy atom. The maximum absolute atomic E-state index is 11.7. The smallest absolute Gasteiger partial charge is 0.341 e. The van der Waals surface area contributed by atoms with Crippen LogP contribution in [-0.4, -0.2) is 24.7 Å². The maximum Gasteiger partial charge on any atom is 0.341 e. The molecule has 0 amide bonds. The second-order valence-electron chi connectivity index (χ2n) is 5.24. The third-order valence-corrected chi connectivity index (χ3v) is 3.46. The Balaban J connectivity index is 2.62. The highest BCUT2D eigenvalue weighted by Gasteiger charge is 2.28. The molecule has 0 aliphatic heterocycles. The van der Waals surface area contributed by atoms with E-state index in [0.717, 1.165) is 11.3 Å². The molecule has 0 saturated carbocycles. The van der Waals surface area contributed by atoms with Gasteiger partial charge in [-0.05, 0) is 44.5 Å². The Hall–Kier alpha value is -1.81. The van der Waals surface area contributed by atoms with Crippen LogP contribution >= 0.6 is 11.6 Å². The van der Waals surface area contributed by atoms with Gasteiger partial charge in [0.25, 0.3) is 0 Å². The minimum Gasteiger partial charge on any atom is -0.497 e. The average molecular weight is 310 g/mol. The van der Waals surface area contributed by atoms with Crippen LogP contribution in [0.4, 0.5) is 0 Å². The first-order valence-electron chi connectivity index (χ1n) is 6.53. The molecule has 0 heterocycles. The average Bonchev–Trinajstić information content (AvgIpc) is 2.50. The van der Waals surface area contributed by atoms with E-state index in [1.54, 1.807) is 34.0 Å². The number of hydrogen-bond acceptors (Lipinski definition) is 4. The van der Waals surface area contributed by atoms with Gasteiger partial charge >= 0.3 is 5.97 Å². The zero-order valence-electron chi connectivity index (χ0n) is 12.7. The summed E-state index contributed by atoms with van der Waals surface area (Å²) < 4.78 is 5.09. The second-order valence-corrected chi connectivity index (χ2v) is 5.50. The highest BCUT2D eigenvalue weighted by Crippen LogP contribution is 2.19. The molecule has 1 rings (SSSR count). The standard InChI is InChI=1S/C16H20ClNO3/c1-12(18-21-15(19)16(2,3)11-17)5-6-13-7-9-14(20-4)10-8-13/h5-10H,11H2,1-4H3/b6-5+,18-12-. The Bertz CT molecular complexity index is 533. The predicted molar refractivity (Wildman–Crippen MR) is 85.7 cm³/mol. The molecule has 1 aromatic carbocycles. The number of halogens is 1. The quantitative estimate of drug-likeness (QED) is 0.346. The topological polar surface area (TPSA) is 47.9 Å². The number of carbonyl (C=O) groups excluding carboxylic acids is 1. The van der Waals surface area contributed by atoms with Crippen molar-refractivity contribution in [2.75, 3.05) is 13.0 Å². The van der Waals surface area contributed by atoms with Crippen molar-refractivity contribution in [3.05, 3.63) is 35.9 Å². The van der Waals surface area contributed by atoms with E-state index in [0.29, 0.717) is 5.71 Å². The molecule has 0 aliphatic carbocycles. The zero-order chi connectivity index (χ0) is 15.9. The summed E-state index contributed by atoms with van der Waals surface area (Å²) in [5.74, 6) is 0.534. The van der Waals surface area contributed by atoms with E-state index in [-0.39, 0.29) is 5.88 Å². The third kappa shape index (κ3) is 5.60. The van der Waals surface area contributed by atoms with Gasteiger partial charge in [-0.2, -0.15) is 0 Å². The monoisotopic (exact) mass is 309 g/mol. The predicted octanol–water partition coefficient (Wildman–Crippen LogP) is 3.89. The van der Waals surface area contributed by atoms with E-state index < -0.39 is 11.4 Å². The Morgan fingerprint density at radius 2 is 1.95 bits per heavy atom. The molecule has 0 aromatic heterocycles. The summed E-state index contributed by atoms with van der Waals surface area (Å²) in [4.78, 5) is 16.6. The largest absolute Gasteiger partial charge is 0.497 e. The van der Waals surface area contributed by atoms with E-state index >= 15 is 0 Å². The SMILES string of the molecule is COc1ccc(/C=C/C(C)=N\OC(=O)C(C)(C)CCl)cc1. The highest BCUT2D eigenvalue weighted by molar-refractivity contribution is 6.19. The summed E-state index contributed by atoms with van der Waals surface area (Å²) in [5.41, 5.74) is 0.840. The number of rotatable bonds is 6. The van der Waals surface area contributed by atoms with E-state index in [2.05, 4.69) is 5.16 Å². The van der Waals surface area contributed by atoms with E-state index in [9.17, 15) is 4.79 Å². The normalized spacial score (nSPS) is 12.5. The first-order valence-corrected chi connectivity index (χ1v) is 7.06. The maximum atomic E-state index is 11.7. The summed E-state index contributed by atoms with van der Waals surface area (Å²) in [6, 6.07) is 7.58.